The number of halogens is 1. The quantitative estimate of drug-likeness (QED) is 0.138. The topological polar surface area (TPSA) is 102 Å². The highest BCUT2D eigenvalue weighted by Crippen LogP contribution is 2.45. The summed E-state index contributed by atoms with van der Waals surface area (Å²) in [5.74, 6) is -0.241. The van der Waals surface area contributed by atoms with E-state index < -0.39 is 23.5 Å². The molecule has 2 aromatic carbocycles. The van der Waals surface area contributed by atoms with E-state index in [1.165, 1.54) is 53.6 Å². The van der Waals surface area contributed by atoms with Crippen LogP contribution in [0.5, 0.6) is 11.5 Å². The van der Waals surface area contributed by atoms with Crippen LogP contribution in [-0.4, -0.2) is 41.2 Å². The zero-order chi connectivity index (χ0) is 26.8. The number of rotatable bonds is 9. The lowest BCUT2D eigenvalue weighted by atomic mass is 9.95. The molecule has 12 heteroatoms. The van der Waals surface area contributed by atoms with Gasteiger partial charge in [0, 0.05) is 10.8 Å². The van der Waals surface area contributed by atoms with Gasteiger partial charge in [-0.15, -0.1) is 21.5 Å². The van der Waals surface area contributed by atoms with E-state index in [0.29, 0.717) is 37.1 Å². The summed E-state index contributed by atoms with van der Waals surface area (Å²) >= 11 is 9.87. The van der Waals surface area contributed by atoms with Gasteiger partial charge in [0.25, 0.3) is 5.91 Å². The van der Waals surface area contributed by atoms with Crippen LogP contribution in [0.2, 0.25) is 5.02 Å². The number of thioether (sulfide) groups is 1. The van der Waals surface area contributed by atoms with Crippen LogP contribution in [0.1, 0.15) is 26.8 Å². The van der Waals surface area contributed by atoms with E-state index in [1.807, 2.05) is 24.3 Å². The molecule has 4 aromatic rings. The van der Waals surface area contributed by atoms with E-state index in [-0.39, 0.29) is 10.7 Å². The van der Waals surface area contributed by atoms with Crippen molar-refractivity contribution in [2.45, 2.75) is 16.1 Å². The molecule has 2 aromatic heterocycles. The number of ketones is 1. The first-order valence-corrected chi connectivity index (χ1v) is 14.2. The Bertz CT molecular complexity index is 1520. The molecule has 1 unspecified atom stereocenters. The van der Waals surface area contributed by atoms with E-state index in [1.54, 1.807) is 35.7 Å². The Morgan fingerprint density at radius 1 is 1.11 bits per heavy atom. The second-order valence-electron chi connectivity index (χ2n) is 8.03. The van der Waals surface area contributed by atoms with Crippen LogP contribution in [0, 0.1) is 0 Å². The fourth-order valence-electron chi connectivity index (χ4n) is 4.00. The summed E-state index contributed by atoms with van der Waals surface area (Å²) in [6.45, 7) is 0. The second kappa shape index (κ2) is 11.2. The lowest BCUT2D eigenvalue weighted by molar-refractivity contribution is -0.117. The van der Waals surface area contributed by atoms with Gasteiger partial charge in [0.2, 0.25) is 10.9 Å². The summed E-state index contributed by atoms with van der Waals surface area (Å²) < 4.78 is 11.4. The first kappa shape index (κ1) is 26.2. The summed E-state index contributed by atoms with van der Waals surface area (Å²) in [4.78, 5) is 28.6. The lowest BCUT2D eigenvalue weighted by Crippen LogP contribution is -2.31. The van der Waals surface area contributed by atoms with Gasteiger partial charge in [0.1, 0.15) is 0 Å². The molecule has 194 valence electrons. The maximum absolute atomic E-state index is 13.5. The van der Waals surface area contributed by atoms with Gasteiger partial charge in [-0.2, -0.15) is 0 Å². The number of aliphatic hydroxyl groups excluding tert-OH is 1. The Labute approximate surface area is 235 Å². The molecular weight excluding hydrogens is 566 g/mol. The molecule has 1 atom stereocenters. The number of thiophene rings is 1. The third-order valence-corrected chi connectivity index (χ3v) is 9.05. The zero-order valence-corrected chi connectivity index (χ0v) is 23.3. The normalized spacial score (nSPS) is 15.3. The van der Waals surface area contributed by atoms with Gasteiger partial charge in [-0.1, -0.05) is 59.0 Å². The number of carbonyl (C=O) groups is 2. The largest absolute Gasteiger partial charge is 0.503 e. The van der Waals surface area contributed by atoms with Gasteiger partial charge in [-0.05, 0) is 46.8 Å². The molecule has 8 nitrogen and oxygen atoms in total. The van der Waals surface area contributed by atoms with Crippen molar-refractivity contribution in [2.75, 3.05) is 19.1 Å². The van der Waals surface area contributed by atoms with Crippen molar-refractivity contribution in [2.24, 2.45) is 0 Å². The summed E-state index contributed by atoms with van der Waals surface area (Å²) in [5.41, 5.74) is 1.57. The van der Waals surface area contributed by atoms with Crippen molar-refractivity contribution in [1.82, 2.24) is 10.2 Å². The van der Waals surface area contributed by atoms with Crippen molar-refractivity contribution >= 4 is 62.9 Å². The molecule has 0 radical (unpaired) electrons. The minimum atomic E-state index is -0.945. The first-order chi connectivity index (χ1) is 18.4. The standard InChI is InChI=1S/C26H20ClN3O5S3/c1-34-17-10-7-15(12-18(17)35-2)21-20(22(31)19-4-3-11-36-19)23(32)24(33)30(21)25-28-29-26(38-25)37-13-14-5-8-16(27)9-6-14/h3-12,21,32H,13H2,1-2H3. The molecule has 1 N–H and O–H groups in total. The van der Waals surface area contributed by atoms with Crippen molar-refractivity contribution in [3.05, 3.63) is 92.3 Å². The number of nitrogens with zero attached hydrogens (tertiary/aromatic N) is 3. The Morgan fingerprint density at radius 2 is 1.87 bits per heavy atom. The molecule has 1 aliphatic heterocycles. The highest BCUT2D eigenvalue weighted by molar-refractivity contribution is 8.00. The van der Waals surface area contributed by atoms with Crippen LogP contribution < -0.4 is 14.4 Å². The number of aliphatic hydroxyl groups is 1. The smallest absolute Gasteiger partial charge is 0.296 e. The Hall–Kier alpha value is -3.38. The monoisotopic (exact) mass is 585 g/mol. The van der Waals surface area contributed by atoms with Gasteiger partial charge >= 0.3 is 0 Å². The number of benzene rings is 2. The van der Waals surface area contributed by atoms with Gasteiger partial charge in [-0.3, -0.25) is 14.5 Å². The van der Waals surface area contributed by atoms with Gasteiger partial charge < -0.3 is 14.6 Å². The van der Waals surface area contributed by atoms with Crippen LogP contribution in [-0.2, 0) is 10.5 Å². The van der Waals surface area contributed by atoms with Crippen LogP contribution in [0.4, 0.5) is 5.13 Å². The summed E-state index contributed by atoms with van der Waals surface area (Å²) in [5, 5.41) is 22.1. The highest BCUT2D eigenvalue weighted by Gasteiger charge is 2.46. The van der Waals surface area contributed by atoms with Crippen LogP contribution in [0.15, 0.2) is 75.6 Å². The second-order valence-corrected chi connectivity index (χ2v) is 11.6. The minimum absolute atomic E-state index is 0.0322. The van der Waals surface area contributed by atoms with Gasteiger partial charge in [-0.25, -0.2) is 0 Å². The number of aromatic nitrogens is 2. The fraction of sp³-hybridized carbons (Fsp3) is 0.154. The van der Waals surface area contributed by atoms with E-state index in [2.05, 4.69) is 10.2 Å². The molecule has 1 amide bonds. The Morgan fingerprint density at radius 3 is 2.55 bits per heavy atom. The van der Waals surface area contributed by atoms with E-state index in [9.17, 15) is 14.7 Å². The number of carbonyl (C=O) groups excluding carboxylic acids is 2. The number of ether oxygens (including phenoxy) is 2. The van der Waals surface area contributed by atoms with E-state index >= 15 is 0 Å². The average Bonchev–Trinajstić information content (AvgIpc) is 3.68. The maximum Gasteiger partial charge on any atom is 0.296 e. The zero-order valence-electron chi connectivity index (χ0n) is 20.1. The van der Waals surface area contributed by atoms with E-state index in [0.717, 1.165) is 5.56 Å². The van der Waals surface area contributed by atoms with Crippen LogP contribution in [0.25, 0.3) is 0 Å². The summed E-state index contributed by atoms with van der Waals surface area (Å²) in [6.07, 6.45) is 0. The van der Waals surface area contributed by atoms with E-state index in [4.69, 9.17) is 21.1 Å². The molecule has 0 saturated heterocycles. The van der Waals surface area contributed by atoms with Crippen molar-refractivity contribution in [3.8, 4) is 11.5 Å². The number of Topliss-reactive ketones (excluding diaryl/α,β-unsaturated/α-hetero) is 1. The molecule has 0 aliphatic carbocycles. The fourth-order valence-corrected chi connectivity index (χ4v) is 6.62. The Kier molecular flexibility index (Phi) is 7.70. The summed E-state index contributed by atoms with van der Waals surface area (Å²) in [7, 11) is 3.02. The number of methoxy groups -OCH3 is 2. The Balaban J connectivity index is 1.52. The van der Waals surface area contributed by atoms with Crippen LogP contribution >= 0.6 is 46.0 Å². The lowest BCUT2D eigenvalue weighted by Gasteiger charge is -2.24. The number of anilines is 1. The molecule has 0 saturated carbocycles. The minimum Gasteiger partial charge on any atom is -0.503 e. The molecule has 5 rings (SSSR count). The maximum atomic E-state index is 13.5. The van der Waals surface area contributed by atoms with Gasteiger partial charge in [0.05, 0.1) is 30.7 Å². The molecule has 3 heterocycles. The van der Waals surface area contributed by atoms with Crippen molar-refractivity contribution in [3.63, 3.8) is 0 Å². The molecular formula is C26H20ClN3O5S3. The predicted octanol–water partition coefficient (Wildman–Crippen LogP) is 6.35. The van der Waals surface area contributed by atoms with Gasteiger partial charge in [0.15, 0.2) is 21.6 Å². The molecule has 0 fully saturated rings. The third-order valence-electron chi connectivity index (χ3n) is 5.80. The highest BCUT2D eigenvalue weighted by atomic mass is 35.5. The molecule has 38 heavy (non-hydrogen) atoms. The number of amides is 1. The van der Waals surface area contributed by atoms with Crippen LogP contribution in [0.3, 0.4) is 0 Å². The molecule has 1 aliphatic rings. The predicted molar refractivity (Wildman–Crippen MR) is 149 cm³/mol. The SMILES string of the molecule is COc1ccc(C2C(C(=O)c3cccs3)=C(O)C(=O)N2c2nnc(SCc3ccc(Cl)cc3)s2)cc1OC. The average molecular weight is 586 g/mol. The number of hydrogen-bond donors (Lipinski definition) is 1. The molecule has 0 bridgehead atoms. The molecule has 0 spiro atoms. The third kappa shape index (κ3) is 5.02. The number of hydrogen-bond acceptors (Lipinski definition) is 10. The van der Waals surface area contributed by atoms with Crippen molar-refractivity contribution in [1.29, 1.82) is 0 Å². The first-order valence-electron chi connectivity index (χ1n) is 11.2. The van der Waals surface area contributed by atoms with Crippen molar-refractivity contribution < 1.29 is 24.2 Å². The summed E-state index contributed by atoms with van der Waals surface area (Å²) in [6, 6.07) is 15.0.